The molecule has 0 aliphatic carbocycles. The number of hydrogen-bond acceptors (Lipinski definition) is 2. The zero-order chi connectivity index (χ0) is 13.1. The minimum Gasteiger partial charge on any atom is -0.397 e. The number of aryl methyl sites for hydroxylation is 1. The van der Waals surface area contributed by atoms with Gasteiger partial charge in [0, 0.05) is 12.2 Å². The van der Waals surface area contributed by atoms with Crippen LogP contribution in [-0.2, 0) is 0 Å². The maximum atomic E-state index is 6.07. The van der Waals surface area contributed by atoms with Crippen LogP contribution in [0.5, 0.6) is 0 Å². The Morgan fingerprint density at radius 2 is 1.83 bits per heavy atom. The zero-order valence-electron chi connectivity index (χ0n) is 11.2. The maximum Gasteiger partial charge on any atom is 0.0547 e. The van der Waals surface area contributed by atoms with Crippen molar-refractivity contribution in [2.45, 2.75) is 26.8 Å². The lowest BCUT2D eigenvalue weighted by atomic mass is 10.0. The molecular weight excluding hydrogens is 220 g/mol. The molecule has 0 atom stereocenters. The van der Waals surface area contributed by atoms with Gasteiger partial charge >= 0.3 is 0 Å². The highest BCUT2D eigenvalue weighted by Gasteiger charge is 2.00. The van der Waals surface area contributed by atoms with Crippen LogP contribution in [0.4, 0.5) is 0 Å². The van der Waals surface area contributed by atoms with Gasteiger partial charge in [-0.2, -0.15) is 0 Å². The Hall–Kier alpha value is -1.96. The van der Waals surface area contributed by atoms with E-state index in [1.54, 1.807) is 0 Å². The molecule has 0 spiro atoms. The van der Waals surface area contributed by atoms with Crippen molar-refractivity contribution >= 4 is 16.5 Å². The number of nitrogens with one attached hydrogen (secondary N) is 1. The molecule has 0 radical (unpaired) electrons. The average molecular weight is 240 g/mol. The van der Waals surface area contributed by atoms with Crippen molar-refractivity contribution in [3.8, 4) is 0 Å². The summed E-state index contributed by atoms with van der Waals surface area (Å²) < 4.78 is 0. The molecule has 0 amide bonds. The van der Waals surface area contributed by atoms with Crippen LogP contribution in [0, 0.1) is 6.92 Å². The van der Waals surface area contributed by atoms with Crippen LogP contribution < -0.4 is 11.1 Å². The molecule has 0 aliphatic heterocycles. The van der Waals surface area contributed by atoms with Crippen molar-refractivity contribution < 1.29 is 0 Å². The van der Waals surface area contributed by atoms with E-state index in [0.29, 0.717) is 6.04 Å². The topological polar surface area (TPSA) is 38.0 Å². The molecule has 0 heterocycles. The van der Waals surface area contributed by atoms with E-state index in [-0.39, 0.29) is 0 Å². The molecule has 3 N–H and O–H groups in total. The third kappa shape index (κ3) is 2.83. The summed E-state index contributed by atoms with van der Waals surface area (Å²) >= 11 is 0. The summed E-state index contributed by atoms with van der Waals surface area (Å²) in [5.74, 6) is 0. The van der Waals surface area contributed by atoms with Gasteiger partial charge < -0.3 is 11.1 Å². The van der Waals surface area contributed by atoms with Gasteiger partial charge in [-0.05, 0) is 43.2 Å². The minimum absolute atomic E-state index is 0.395. The summed E-state index contributed by atoms with van der Waals surface area (Å²) in [6, 6.07) is 13.2. The van der Waals surface area contributed by atoms with E-state index in [2.05, 4.69) is 62.5 Å². The first kappa shape index (κ1) is 12.5. The largest absolute Gasteiger partial charge is 0.397 e. The molecule has 2 aromatic carbocycles. The second-order valence-electron chi connectivity index (χ2n) is 4.99. The summed E-state index contributed by atoms with van der Waals surface area (Å²) in [6.45, 7) is 6.28. The highest BCUT2D eigenvalue weighted by Crippen LogP contribution is 2.20. The lowest BCUT2D eigenvalue weighted by molar-refractivity contribution is 0.703. The standard InChI is InChI=1S/C16H20N2/c1-11(2)18-10-16(17)14-7-6-13-5-4-12(3)8-15(13)9-14/h4-11,18H,17H2,1-3H3/b16-10-. The van der Waals surface area contributed by atoms with E-state index in [1.165, 1.54) is 16.3 Å². The summed E-state index contributed by atoms with van der Waals surface area (Å²) in [5, 5.41) is 5.69. The molecule has 0 saturated heterocycles. The highest BCUT2D eigenvalue weighted by molar-refractivity contribution is 5.86. The van der Waals surface area contributed by atoms with Crippen molar-refractivity contribution in [2.75, 3.05) is 0 Å². The van der Waals surface area contributed by atoms with Crippen molar-refractivity contribution in [1.82, 2.24) is 5.32 Å². The molecule has 2 nitrogen and oxygen atoms in total. The van der Waals surface area contributed by atoms with E-state index >= 15 is 0 Å². The number of benzene rings is 2. The van der Waals surface area contributed by atoms with Crippen LogP contribution in [0.2, 0.25) is 0 Å². The van der Waals surface area contributed by atoms with Gasteiger partial charge in [-0.3, -0.25) is 0 Å². The molecule has 0 unspecified atom stereocenters. The molecule has 0 aliphatic rings. The van der Waals surface area contributed by atoms with Gasteiger partial charge in [0.15, 0.2) is 0 Å². The van der Waals surface area contributed by atoms with Crippen molar-refractivity contribution in [3.05, 3.63) is 53.7 Å². The fraction of sp³-hybridized carbons (Fsp3) is 0.250. The van der Waals surface area contributed by atoms with Crippen LogP contribution in [0.25, 0.3) is 16.5 Å². The summed E-state index contributed by atoms with van der Waals surface area (Å²) in [4.78, 5) is 0. The van der Waals surface area contributed by atoms with Crippen LogP contribution in [0.3, 0.4) is 0 Å². The number of rotatable bonds is 3. The first-order valence-corrected chi connectivity index (χ1v) is 6.29. The predicted molar refractivity (Wildman–Crippen MR) is 79.1 cm³/mol. The normalized spacial score (nSPS) is 12.1. The molecule has 2 aromatic rings. The number of hydrogen-bond donors (Lipinski definition) is 2. The summed E-state index contributed by atoms with van der Waals surface area (Å²) in [5.41, 5.74) is 9.16. The molecule has 18 heavy (non-hydrogen) atoms. The highest BCUT2D eigenvalue weighted by atomic mass is 14.9. The minimum atomic E-state index is 0.395. The van der Waals surface area contributed by atoms with Crippen molar-refractivity contribution in [2.24, 2.45) is 5.73 Å². The molecule has 0 bridgehead atoms. The van der Waals surface area contributed by atoms with Crippen molar-refractivity contribution in [1.29, 1.82) is 0 Å². The quantitative estimate of drug-likeness (QED) is 0.863. The Labute approximate surface area is 109 Å². The molecule has 0 fully saturated rings. The van der Waals surface area contributed by atoms with E-state index < -0.39 is 0 Å². The SMILES string of the molecule is Cc1ccc2ccc(/C(N)=C/NC(C)C)cc2c1. The molecule has 2 rings (SSSR count). The first-order chi connectivity index (χ1) is 8.56. The molecule has 0 saturated carbocycles. The van der Waals surface area contributed by atoms with Gasteiger partial charge in [-0.15, -0.1) is 0 Å². The maximum absolute atomic E-state index is 6.07. The number of nitrogens with two attached hydrogens (primary N) is 1. The lowest BCUT2D eigenvalue weighted by Crippen LogP contribution is -2.17. The molecular formula is C16H20N2. The van der Waals surface area contributed by atoms with Gasteiger partial charge in [0.05, 0.1) is 5.70 Å². The monoisotopic (exact) mass is 240 g/mol. The Balaban J connectivity index is 2.37. The Kier molecular flexibility index (Phi) is 3.56. The van der Waals surface area contributed by atoms with E-state index in [9.17, 15) is 0 Å². The van der Waals surface area contributed by atoms with Crippen LogP contribution >= 0.6 is 0 Å². The van der Waals surface area contributed by atoms with E-state index in [4.69, 9.17) is 5.73 Å². The Morgan fingerprint density at radius 1 is 1.11 bits per heavy atom. The smallest absolute Gasteiger partial charge is 0.0547 e. The third-order valence-corrected chi connectivity index (χ3v) is 2.90. The van der Waals surface area contributed by atoms with E-state index in [0.717, 1.165) is 11.3 Å². The molecule has 2 heteroatoms. The molecule has 0 aromatic heterocycles. The average Bonchev–Trinajstić information content (AvgIpc) is 2.34. The van der Waals surface area contributed by atoms with Gasteiger partial charge in [0.25, 0.3) is 0 Å². The second kappa shape index (κ2) is 5.13. The fourth-order valence-corrected chi connectivity index (χ4v) is 1.89. The number of fused-ring (bicyclic) bond motifs is 1. The Morgan fingerprint density at radius 3 is 2.56 bits per heavy atom. The summed E-state index contributed by atoms with van der Waals surface area (Å²) in [6.07, 6.45) is 1.88. The van der Waals surface area contributed by atoms with Gasteiger partial charge in [0.1, 0.15) is 0 Å². The lowest BCUT2D eigenvalue weighted by Gasteiger charge is -2.08. The van der Waals surface area contributed by atoms with Crippen LogP contribution in [0.1, 0.15) is 25.0 Å². The van der Waals surface area contributed by atoms with E-state index in [1.807, 2.05) is 6.20 Å². The second-order valence-corrected chi connectivity index (χ2v) is 4.99. The third-order valence-electron chi connectivity index (χ3n) is 2.90. The van der Waals surface area contributed by atoms with Gasteiger partial charge in [0.2, 0.25) is 0 Å². The fourth-order valence-electron chi connectivity index (χ4n) is 1.89. The Bertz CT molecular complexity index is 583. The zero-order valence-corrected chi connectivity index (χ0v) is 11.2. The first-order valence-electron chi connectivity index (χ1n) is 6.29. The van der Waals surface area contributed by atoms with Gasteiger partial charge in [-0.1, -0.05) is 35.9 Å². The summed E-state index contributed by atoms with van der Waals surface area (Å²) in [7, 11) is 0. The van der Waals surface area contributed by atoms with Crippen LogP contribution in [0.15, 0.2) is 42.6 Å². The predicted octanol–water partition coefficient (Wildman–Crippen LogP) is 3.40. The van der Waals surface area contributed by atoms with Crippen molar-refractivity contribution in [3.63, 3.8) is 0 Å². The van der Waals surface area contributed by atoms with Crippen LogP contribution in [-0.4, -0.2) is 6.04 Å². The van der Waals surface area contributed by atoms with Gasteiger partial charge in [-0.25, -0.2) is 0 Å². The molecule has 94 valence electrons.